The second kappa shape index (κ2) is 6.53. The highest BCUT2D eigenvalue weighted by molar-refractivity contribution is 5.72. The summed E-state index contributed by atoms with van der Waals surface area (Å²) in [6.45, 7) is 4.20. The number of ether oxygens (including phenoxy) is 1. The van der Waals surface area contributed by atoms with E-state index in [9.17, 15) is 4.79 Å². The van der Waals surface area contributed by atoms with Crippen molar-refractivity contribution in [2.75, 3.05) is 13.1 Å². The number of rotatable bonds is 5. The van der Waals surface area contributed by atoms with Gasteiger partial charge in [0.25, 0.3) is 0 Å². The van der Waals surface area contributed by atoms with E-state index >= 15 is 0 Å². The summed E-state index contributed by atoms with van der Waals surface area (Å²) in [6, 6.07) is 0. The molecular formula is C14H25NO3. The van der Waals surface area contributed by atoms with E-state index < -0.39 is 12.1 Å². The second-order valence-electron chi connectivity index (χ2n) is 5.95. The number of carboxylic acids is 1. The molecule has 0 radical (unpaired) electrons. The van der Waals surface area contributed by atoms with Crippen molar-refractivity contribution in [1.29, 1.82) is 0 Å². The Morgan fingerprint density at radius 2 is 1.89 bits per heavy atom. The van der Waals surface area contributed by atoms with Gasteiger partial charge in [-0.15, -0.1) is 0 Å². The quantitative estimate of drug-likeness (QED) is 0.789. The van der Waals surface area contributed by atoms with Crippen LogP contribution in [0.25, 0.3) is 0 Å². The lowest BCUT2D eigenvalue weighted by Gasteiger charge is -2.26. The SMILES string of the molecule is CC1CCC(CNCC2CCC(C(=O)O)O2)CC1. The third-order valence-electron chi connectivity index (χ3n) is 4.32. The molecule has 2 rings (SSSR count). The Balaban J connectivity index is 1.57. The minimum absolute atomic E-state index is 0.0913. The van der Waals surface area contributed by atoms with Crippen LogP contribution in [0.1, 0.15) is 45.4 Å². The first-order chi connectivity index (χ1) is 8.65. The molecule has 1 aliphatic carbocycles. The van der Waals surface area contributed by atoms with Gasteiger partial charge in [-0.3, -0.25) is 0 Å². The van der Waals surface area contributed by atoms with Gasteiger partial charge in [-0.05, 0) is 44.1 Å². The molecule has 2 fully saturated rings. The molecule has 0 bridgehead atoms. The lowest BCUT2D eigenvalue weighted by Crippen LogP contribution is -2.33. The molecule has 4 heteroatoms. The predicted molar refractivity (Wildman–Crippen MR) is 69.5 cm³/mol. The monoisotopic (exact) mass is 255 g/mol. The second-order valence-corrected chi connectivity index (χ2v) is 5.95. The molecule has 0 amide bonds. The molecule has 1 heterocycles. The van der Waals surface area contributed by atoms with Gasteiger partial charge in [0.1, 0.15) is 0 Å². The molecule has 0 aromatic heterocycles. The van der Waals surface area contributed by atoms with E-state index in [0.717, 1.165) is 31.3 Å². The van der Waals surface area contributed by atoms with Crippen LogP contribution in [0.2, 0.25) is 0 Å². The van der Waals surface area contributed by atoms with E-state index in [1.54, 1.807) is 0 Å². The highest BCUT2D eigenvalue weighted by Gasteiger charge is 2.30. The first-order valence-electron chi connectivity index (χ1n) is 7.24. The highest BCUT2D eigenvalue weighted by Crippen LogP contribution is 2.27. The summed E-state index contributed by atoms with van der Waals surface area (Å²) >= 11 is 0. The smallest absolute Gasteiger partial charge is 0.332 e. The summed E-state index contributed by atoms with van der Waals surface area (Å²) < 4.78 is 5.47. The Hall–Kier alpha value is -0.610. The zero-order chi connectivity index (χ0) is 13.0. The van der Waals surface area contributed by atoms with Gasteiger partial charge in [-0.25, -0.2) is 4.79 Å². The third kappa shape index (κ3) is 3.95. The molecule has 2 aliphatic rings. The Kier molecular flexibility index (Phi) is 5.01. The van der Waals surface area contributed by atoms with Gasteiger partial charge in [0, 0.05) is 6.54 Å². The fraction of sp³-hybridized carbons (Fsp3) is 0.929. The maximum atomic E-state index is 10.8. The van der Waals surface area contributed by atoms with E-state index in [0.29, 0.717) is 6.42 Å². The number of nitrogens with one attached hydrogen (secondary N) is 1. The van der Waals surface area contributed by atoms with Crippen LogP contribution in [0.5, 0.6) is 0 Å². The Labute approximate surface area is 109 Å². The average molecular weight is 255 g/mol. The fourth-order valence-corrected chi connectivity index (χ4v) is 3.02. The Morgan fingerprint density at radius 3 is 2.50 bits per heavy atom. The van der Waals surface area contributed by atoms with E-state index in [1.165, 1.54) is 25.7 Å². The molecular weight excluding hydrogens is 230 g/mol. The molecule has 0 aromatic rings. The van der Waals surface area contributed by atoms with Crippen LogP contribution in [0.15, 0.2) is 0 Å². The predicted octanol–water partition coefficient (Wildman–Crippen LogP) is 2.03. The molecule has 18 heavy (non-hydrogen) atoms. The zero-order valence-electron chi connectivity index (χ0n) is 11.2. The van der Waals surface area contributed by atoms with Crippen molar-refractivity contribution < 1.29 is 14.6 Å². The molecule has 2 unspecified atom stereocenters. The van der Waals surface area contributed by atoms with E-state index in [-0.39, 0.29) is 6.10 Å². The molecule has 4 nitrogen and oxygen atoms in total. The van der Waals surface area contributed by atoms with Crippen LogP contribution in [-0.2, 0) is 9.53 Å². The number of hydrogen-bond acceptors (Lipinski definition) is 3. The molecule has 104 valence electrons. The maximum Gasteiger partial charge on any atom is 0.332 e. The topological polar surface area (TPSA) is 58.6 Å². The van der Waals surface area contributed by atoms with Crippen LogP contribution in [-0.4, -0.2) is 36.4 Å². The van der Waals surface area contributed by atoms with Crippen molar-refractivity contribution in [2.24, 2.45) is 11.8 Å². The van der Waals surface area contributed by atoms with Crippen molar-refractivity contribution >= 4 is 5.97 Å². The number of aliphatic carboxylic acids is 1. The van der Waals surface area contributed by atoms with Crippen molar-refractivity contribution in [2.45, 2.75) is 57.7 Å². The number of carbonyl (C=O) groups is 1. The molecule has 1 saturated heterocycles. The van der Waals surface area contributed by atoms with Gasteiger partial charge in [-0.1, -0.05) is 19.8 Å². The summed E-state index contributed by atoms with van der Waals surface area (Å²) in [5, 5.41) is 12.3. The first kappa shape index (κ1) is 13.8. The molecule has 1 aliphatic heterocycles. The van der Waals surface area contributed by atoms with Crippen LogP contribution < -0.4 is 5.32 Å². The summed E-state index contributed by atoms with van der Waals surface area (Å²) in [5.74, 6) is 0.882. The van der Waals surface area contributed by atoms with Gasteiger partial charge >= 0.3 is 5.97 Å². The Morgan fingerprint density at radius 1 is 1.17 bits per heavy atom. The van der Waals surface area contributed by atoms with Gasteiger partial charge < -0.3 is 15.2 Å². The molecule has 1 saturated carbocycles. The third-order valence-corrected chi connectivity index (χ3v) is 4.32. The lowest BCUT2D eigenvalue weighted by atomic mass is 9.83. The lowest BCUT2D eigenvalue weighted by molar-refractivity contribution is -0.149. The van der Waals surface area contributed by atoms with E-state index in [2.05, 4.69) is 12.2 Å². The summed E-state index contributed by atoms with van der Waals surface area (Å²) in [7, 11) is 0. The normalized spacial score (nSPS) is 36.7. The van der Waals surface area contributed by atoms with Crippen molar-refractivity contribution in [1.82, 2.24) is 5.32 Å². The largest absolute Gasteiger partial charge is 0.479 e. The summed E-state index contributed by atoms with van der Waals surface area (Å²) in [6.07, 6.45) is 6.41. The Bertz CT molecular complexity index is 274. The minimum atomic E-state index is -0.821. The number of carboxylic acid groups (broad SMARTS) is 1. The van der Waals surface area contributed by atoms with Gasteiger partial charge in [0.2, 0.25) is 0 Å². The maximum absolute atomic E-state index is 10.8. The fourth-order valence-electron chi connectivity index (χ4n) is 3.02. The standard InChI is InChI=1S/C14H25NO3/c1-10-2-4-11(5-3-10)8-15-9-12-6-7-13(18-12)14(16)17/h10-13,15H,2-9H2,1H3,(H,16,17). The zero-order valence-corrected chi connectivity index (χ0v) is 11.2. The van der Waals surface area contributed by atoms with Gasteiger partial charge in [0.05, 0.1) is 6.10 Å². The molecule has 2 N–H and O–H groups in total. The first-order valence-corrected chi connectivity index (χ1v) is 7.24. The van der Waals surface area contributed by atoms with Crippen LogP contribution in [0, 0.1) is 11.8 Å². The van der Waals surface area contributed by atoms with Gasteiger partial charge in [-0.2, -0.15) is 0 Å². The minimum Gasteiger partial charge on any atom is -0.479 e. The highest BCUT2D eigenvalue weighted by atomic mass is 16.5. The molecule has 2 atom stereocenters. The molecule has 0 spiro atoms. The van der Waals surface area contributed by atoms with Crippen LogP contribution >= 0.6 is 0 Å². The number of hydrogen-bond donors (Lipinski definition) is 2. The molecule has 0 aromatic carbocycles. The summed E-state index contributed by atoms with van der Waals surface area (Å²) in [5.41, 5.74) is 0. The van der Waals surface area contributed by atoms with E-state index in [1.807, 2.05) is 0 Å². The van der Waals surface area contributed by atoms with Crippen molar-refractivity contribution in [3.63, 3.8) is 0 Å². The van der Waals surface area contributed by atoms with Crippen molar-refractivity contribution in [3.8, 4) is 0 Å². The summed E-state index contributed by atoms with van der Waals surface area (Å²) in [4.78, 5) is 10.8. The average Bonchev–Trinajstić information content (AvgIpc) is 2.81. The van der Waals surface area contributed by atoms with Gasteiger partial charge in [0.15, 0.2) is 6.10 Å². The van der Waals surface area contributed by atoms with Crippen LogP contribution in [0.3, 0.4) is 0 Å². The van der Waals surface area contributed by atoms with E-state index in [4.69, 9.17) is 9.84 Å². The van der Waals surface area contributed by atoms with Crippen molar-refractivity contribution in [3.05, 3.63) is 0 Å². The van der Waals surface area contributed by atoms with Crippen LogP contribution in [0.4, 0.5) is 0 Å².